The highest BCUT2D eigenvalue weighted by molar-refractivity contribution is 8.26. The number of aryl methyl sites for hydroxylation is 1. The Morgan fingerprint density at radius 3 is 2.38 bits per heavy atom. The fraction of sp³-hybridized carbons (Fsp3) is 0.103. The van der Waals surface area contributed by atoms with Gasteiger partial charge < -0.3 is 9.84 Å². The number of thioether (sulfide) groups is 1. The maximum atomic E-state index is 13.6. The van der Waals surface area contributed by atoms with Crippen molar-refractivity contribution in [2.75, 3.05) is 0 Å². The number of amides is 1. The lowest BCUT2D eigenvalue weighted by atomic mass is 10.0. The molecule has 1 aliphatic rings. The first-order chi connectivity index (χ1) is 18.8. The Kier molecular flexibility index (Phi) is 7.83. The minimum Gasteiger partial charge on any atom is -0.480 e. The first-order valence-electron chi connectivity index (χ1n) is 11.9. The quantitative estimate of drug-likeness (QED) is 0.189. The van der Waals surface area contributed by atoms with E-state index >= 15 is 0 Å². The molecule has 1 aromatic heterocycles. The number of benzene rings is 3. The zero-order valence-electron chi connectivity index (χ0n) is 20.7. The summed E-state index contributed by atoms with van der Waals surface area (Å²) >= 11 is 12.9. The molecule has 0 saturated carbocycles. The monoisotopic (exact) mass is 575 g/mol. The number of aliphatic carboxylic acids is 1. The number of carboxylic acid groups (broad SMARTS) is 1. The predicted molar refractivity (Wildman–Crippen MR) is 156 cm³/mol. The van der Waals surface area contributed by atoms with Crippen molar-refractivity contribution in [3.05, 3.63) is 112 Å². The van der Waals surface area contributed by atoms with E-state index in [1.165, 1.54) is 4.90 Å². The van der Waals surface area contributed by atoms with Gasteiger partial charge in [-0.1, -0.05) is 96.2 Å². The number of carboxylic acids is 1. The number of hydrogen-bond acceptors (Lipinski definition) is 6. The molecule has 196 valence electrons. The summed E-state index contributed by atoms with van der Waals surface area (Å²) in [6.45, 7) is 1.81. The van der Waals surface area contributed by atoms with Crippen molar-refractivity contribution < 1.29 is 19.4 Å². The van der Waals surface area contributed by atoms with E-state index in [9.17, 15) is 14.7 Å². The third-order valence-corrected chi connectivity index (χ3v) is 7.72. The molecule has 1 fully saturated rings. The lowest BCUT2D eigenvalue weighted by Crippen LogP contribution is -2.45. The zero-order valence-corrected chi connectivity index (χ0v) is 23.0. The van der Waals surface area contributed by atoms with Gasteiger partial charge in [-0.15, -0.1) is 0 Å². The van der Waals surface area contributed by atoms with Crippen LogP contribution in [-0.2, 0) is 16.0 Å². The molecule has 10 heteroatoms. The summed E-state index contributed by atoms with van der Waals surface area (Å²) in [6.07, 6.45) is 1.77. The van der Waals surface area contributed by atoms with Gasteiger partial charge >= 0.3 is 5.97 Å². The number of ether oxygens (including phenoxy) is 1. The number of thiocarbonyl (C=S) groups is 1. The van der Waals surface area contributed by atoms with Crippen LogP contribution in [0.3, 0.4) is 0 Å². The Bertz CT molecular complexity index is 1590. The maximum Gasteiger partial charge on any atom is 0.327 e. The highest BCUT2D eigenvalue weighted by atomic mass is 35.5. The third kappa shape index (κ3) is 5.61. The number of halogens is 1. The summed E-state index contributed by atoms with van der Waals surface area (Å²) < 4.78 is 8.09. The fourth-order valence-electron chi connectivity index (χ4n) is 4.16. The Morgan fingerprint density at radius 1 is 1.08 bits per heavy atom. The molecule has 0 aliphatic carbocycles. The second-order valence-electron chi connectivity index (χ2n) is 8.68. The molecule has 7 nitrogen and oxygen atoms in total. The van der Waals surface area contributed by atoms with Gasteiger partial charge in [0.2, 0.25) is 5.88 Å². The average molecular weight is 576 g/mol. The van der Waals surface area contributed by atoms with E-state index in [0.29, 0.717) is 27.9 Å². The Balaban J connectivity index is 1.55. The lowest BCUT2D eigenvalue weighted by Gasteiger charge is -2.23. The number of rotatable bonds is 8. The third-order valence-electron chi connectivity index (χ3n) is 6.07. The van der Waals surface area contributed by atoms with Crippen LogP contribution in [0.4, 0.5) is 0 Å². The molecule has 3 aromatic carbocycles. The first-order valence-corrected chi connectivity index (χ1v) is 13.5. The Labute approximate surface area is 239 Å². The number of para-hydroxylation sites is 2. The van der Waals surface area contributed by atoms with Gasteiger partial charge in [0.1, 0.15) is 16.1 Å². The van der Waals surface area contributed by atoms with Crippen molar-refractivity contribution in [1.82, 2.24) is 14.7 Å². The molecule has 1 N–H and O–H groups in total. The first kappa shape index (κ1) is 26.7. The van der Waals surface area contributed by atoms with E-state index in [4.69, 9.17) is 28.6 Å². The molecular weight excluding hydrogens is 554 g/mol. The van der Waals surface area contributed by atoms with Crippen molar-refractivity contribution in [3.8, 4) is 17.3 Å². The standard InChI is InChI=1S/C29H22ClN3O4S2/c1-18-21(27(37-24-15-9-8-14-22(24)30)33(31-18)20-12-6-3-7-13-20)17-25-26(34)32(29(38)39-25)23(28(35)36)16-19-10-4-2-5-11-19/h2-15,17,23H,16H2,1H3,(H,35,36)/b25-17-/t23-/m0/s1. The molecule has 2 heterocycles. The summed E-state index contributed by atoms with van der Waals surface area (Å²) in [6, 6.07) is 24.5. The average Bonchev–Trinajstić information content (AvgIpc) is 3.39. The van der Waals surface area contributed by atoms with Crippen LogP contribution in [-0.4, -0.2) is 42.0 Å². The summed E-state index contributed by atoms with van der Waals surface area (Å²) in [4.78, 5) is 27.2. The second-order valence-corrected chi connectivity index (χ2v) is 10.8. The van der Waals surface area contributed by atoms with Gasteiger partial charge in [0.15, 0.2) is 0 Å². The molecule has 1 amide bonds. The molecule has 1 atom stereocenters. The van der Waals surface area contributed by atoms with Gasteiger partial charge in [-0.25, -0.2) is 4.79 Å². The fourth-order valence-corrected chi connectivity index (χ4v) is 5.68. The molecule has 0 bridgehead atoms. The van der Waals surface area contributed by atoms with Crippen LogP contribution in [0.25, 0.3) is 11.8 Å². The van der Waals surface area contributed by atoms with Crippen LogP contribution >= 0.6 is 35.6 Å². The van der Waals surface area contributed by atoms with Gasteiger partial charge in [0.25, 0.3) is 5.91 Å². The minimum absolute atomic E-state index is 0.127. The van der Waals surface area contributed by atoms with E-state index in [-0.39, 0.29) is 15.6 Å². The number of aromatic nitrogens is 2. The van der Waals surface area contributed by atoms with E-state index in [0.717, 1.165) is 23.0 Å². The smallest absolute Gasteiger partial charge is 0.327 e. The summed E-state index contributed by atoms with van der Waals surface area (Å²) in [5, 5.41) is 15.1. The highest BCUT2D eigenvalue weighted by Gasteiger charge is 2.41. The van der Waals surface area contributed by atoms with Crippen LogP contribution < -0.4 is 4.74 Å². The summed E-state index contributed by atoms with van der Waals surface area (Å²) in [5.41, 5.74) is 2.70. The normalized spacial score (nSPS) is 15.1. The number of carbonyl (C=O) groups is 2. The Morgan fingerprint density at radius 2 is 1.72 bits per heavy atom. The van der Waals surface area contributed by atoms with Gasteiger partial charge in [0.05, 0.1) is 26.9 Å². The van der Waals surface area contributed by atoms with Crippen molar-refractivity contribution in [2.45, 2.75) is 19.4 Å². The van der Waals surface area contributed by atoms with Crippen LogP contribution in [0.5, 0.6) is 11.6 Å². The van der Waals surface area contributed by atoms with Gasteiger partial charge in [0, 0.05) is 6.42 Å². The van der Waals surface area contributed by atoms with Crippen molar-refractivity contribution in [2.24, 2.45) is 0 Å². The molecular formula is C29H22ClN3O4S2. The topological polar surface area (TPSA) is 84.7 Å². The minimum atomic E-state index is -1.14. The number of hydrogen-bond donors (Lipinski definition) is 1. The van der Waals surface area contributed by atoms with Crippen LogP contribution in [0.15, 0.2) is 89.8 Å². The molecule has 1 aliphatic heterocycles. The Hall–Kier alpha value is -3.92. The molecule has 39 heavy (non-hydrogen) atoms. The van der Waals surface area contributed by atoms with Gasteiger partial charge in [-0.3, -0.25) is 9.69 Å². The predicted octanol–water partition coefficient (Wildman–Crippen LogP) is 6.52. The molecule has 0 spiro atoms. The second kappa shape index (κ2) is 11.4. The zero-order chi connectivity index (χ0) is 27.5. The van der Waals surface area contributed by atoms with Gasteiger partial charge in [-0.2, -0.15) is 9.78 Å². The van der Waals surface area contributed by atoms with Crippen molar-refractivity contribution in [3.63, 3.8) is 0 Å². The molecule has 5 rings (SSSR count). The van der Waals surface area contributed by atoms with Crippen LogP contribution in [0.1, 0.15) is 16.8 Å². The largest absolute Gasteiger partial charge is 0.480 e. The summed E-state index contributed by atoms with van der Waals surface area (Å²) in [5.74, 6) is -0.834. The van der Waals surface area contributed by atoms with Crippen LogP contribution in [0, 0.1) is 6.92 Å². The maximum absolute atomic E-state index is 13.6. The van der Waals surface area contributed by atoms with Gasteiger partial charge in [-0.05, 0) is 42.8 Å². The van der Waals surface area contributed by atoms with E-state index in [1.807, 2.05) is 60.7 Å². The number of carbonyl (C=O) groups excluding carboxylic acids is 1. The van der Waals surface area contributed by atoms with E-state index in [1.54, 1.807) is 41.9 Å². The highest BCUT2D eigenvalue weighted by Crippen LogP contribution is 2.39. The van der Waals surface area contributed by atoms with Crippen molar-refractivity contribution >= 4 is 57.9 Å². The number of nitrogens with zero attached hydrogens (tertiary/aromatic N) is 3. The molecule has 1 saturated heterocycles. The molecule has 4 aromatic rings. The van der Waals surface area contributed by atoms with Crippen LogP contribution in [0.2, 0.25) is 5.02 Å². The van der Waals surface area contributed by atoms with Crippen molar-refractivity contribution in [1.29, 1.82) is 0 Å². The molecule has 0 unspecified atom stereocenters. The lowest BCUT2D eigenvalue weighted by molar-refractivity contribution is -0.145. The summed E-state index contributed by atoms with van der Waals surface area (Å²) in [7, 11) is 0. The molecule has 0 radical (unpaired) electrons. The van der Waals surface area contributed by atoms with E-state index < -0.39 is 17.9 Å². The van der Waals surface area contributed by atoms with E-state index in [2.05, 4.69) is 5.10 Å². The SMILES string of the molecule is Cc1nn(-c2ccccc2)c(Oc2ccccc2Cl)c1/C=C1\SC(=S)N([C@@H](Cc2ccccc2)C(=O)O)C1=O.